The van der Waals surface area contributed by atoms with Crippen molar-refractivity contribution in [2.24, 2.45) is 0 Å². The molecule has 8 nitrogen and oxygen atoms in total. The zero-order valence-electron chi connectivity index (χ0n) is 9.79. The molecule has 1 fully saturated rings. The zero-order chi connectivity index (χ0) is 13.2. The predicted molar refractivity (Wildman–Crippen MR) is 61.3 cm³/mol. The van der Waals surface area contributed by atoms with Crippen LogP contribution in [0, 0.1) is 0 Å². The van der Waals surface area contributed by atoms with Gasteiger partial charge in [0.05, 0.1) is 19.6 Å². The van der Waals surface area contributed by atoms with E-state index >= 15 is 0 Å². The van der Waals surface area contributed by atoms with E-state index in [4.69, 9.17) is 0 Å². The molecule has 1 atom stereocenters. The summed E-state index contributed by atoms with van der Waals surface area (Å²) < 4.78 is 30.0. The highest BCUT2D eigenvalue weighted by Crippen LogP contribution is 2.19. The van der Waals surface area contributed by atoms with Gasteiger partial charge in [-0.1, -0.05) is 0 Å². The van der Waals surface area contributed by atoms with Crippen LogP contribution in [0.2, 0.25) is 0 Å². The largest absolute Gasteiger partial charge is 0.453 e. The minimum Gasteiger partial charge on any atom is -0.453 e. The van der Waals surface area contributed by atoms with Crippen LogP contribution < -0.4 is 5.32 Å². The van der Waals surface area contributed by atoms with E-state index in [1.807, 2.05) is 0 Å². The molecule has 1 amide bonds. The van der Waals surface area contributed by atoms with Gasteiger partial charge in [0, 0.05) is 19.1 Å². The van der Waals surface area contributed by atoms with Gasteiger partial charge in [-0.25, -0.2) is 18.2 Å². The number of hydrogen-bond acceptors (Lipinski definition) is 5. The molecule has 2 heterocycles. The van der Waals surface area contributed by atoms with Gasteiger partial charge in [-0.05, 0) is 6.42 Å². The third-order valence-electron chi connectivity index (χ3n) is 2.75. The number of hydrogen-bond donors (Lipinski definition) is 2. The fraction of sp³-hybridized carbons (Fsp3) is 0.556. The number of rotatable bonds is 3. The van der Waals surface area contributed by atoms with Crippen LogP contribution >= 0.6 is 0 Å². The minimum atomic E-state index is -3.55. The van der Waals surface area contributed by atoms with Gasteiger partial charge in [0.15, 0.2) is 5.03 Å². The van der Waals surface area contributed by atoms with Crippen molar-refractivity contribution in [1.82, 2.24) is 19.6 Å². The van der Waals surface area contributed by atoms with Gasteiger partial charge >= 0.3 is 6.09 Å². The topological polar surface area (TPSA) is 104 Å². The monoisotopic (exact) mass is 274 g/mol. The molecule has 100 valence electrons. The zero-order valence-corrected chi connectivity index (χ0v) is 10.6. The Kier molecular flexibility index (Phi) is 3.53. The molecule has 0 bridgehead atoms. The summed E-state index contributed by atoms with van der Waals surface area (Å²) in [6, 6.07) is -0.227. The highest BCUT2D eigenvalue weighted by molar-refractivity contribution is 7.89. The summed E-state index contributed by atoms with van der Waals surface area (Å²) >= 11 is 0. The number of carbonyl (C=O) groups excluding carboxylic acids is 1. The van der Waals surface area contributed by atoms with Crippen molar-refractivity contribution in [3.8, 4) is 0 Å². The summed E-state index contributed by atoms with van der Waals surface area (Å²) in [6.07, 6.45) is 2.58. The smallest absolute Gasteiger partial charge is 0.407 e. The Morgan fingerprint density at radius 3 is 3.06 bits per heavy atom. The highest BCUT2D eigenvalue weighted by Gasteiger charge is 2.34. The maximum Gasteiger partial charge on any atom is 0.407 e. The van der Waals surface area contributed by atoms with Crippen molar-refractivity contribution in [2.45, 2.75) is 17.5 Å². The Labute approximate surface area is 104 Å². The fourth-order valence-electron chi connectivity index (χ4n) is 1.81. The Hall–Kier alpha value is -1.61. The van der Waals surface area contributed by atoms with Crippen LogP contribution in [-0.4, -0.2) is 55.0 Å². The summed E-state index contributed by atoms with van der Waals surface area (Å²) in [5, 5.41) is 2.64. The SMILES string of the molecule is COC(=O)NC1CCN(S(=O)(=O)c2cnc[nH]2)C1. The first-order valence-corrected chi connectivity index (χ1v) is 6.81. The summed E-state index contributed by atoms with van der Waals surface area (Å²) in [5.74, 6) is 0. The molecule has 1 aromatic heterocycles. The first-order valence-electron chi connectivity index (χ1n) is 5.37. The third kappa shape index (κ3) is 2.46. The molecule has 2 N–H and O–H groups in total. The molecule has 0 aliphatic carbocycles. The van der Waals surface area contributed by atoms with E-state index < -0.39 is 16.1 Å². The Balaban J connectivity index is 2.03. The minimum absolute atomic E-state index is 0.0567. The molecule has 1 aliphatic heterocycles. The number of ether oxygens (including phenoxy) is 1. The van der Waals surface area contributed by atoms with Crippen LogP contribution in [-0.2, 0) is 14.8 Å². The molecule has 1 aliphatic rings. The van der Waals surface area contributed by atoms with Crippen molar-refractivity contribution < 1.29 is 17.9 Å². The molecule has 0 spiro atoms. The molecule has 0 radical (unpaired) electrons. The molecule has 0 saturated carbocycles. The number of methoxy groups -OCH3 is 1. The second-order valence-electron chi connectivity index (χ2n) is 3.90. The molecule has 1 saturated heterocycles. The number of H-pyrrole nitrogens is 1. The van der Waals surface area contributed by atoms with E-state index in [1.165, 1.54) is 23.9 Å². The number of aromatic nitrogens is 2. The highest BCUT2D eigenvalue weighted by atomic mass is 32.2. The van der Waals surface area contributed by atoms with Gasteiger partial charge in [-0.3, -0.25) is 0 Å². The van der Waals surface area contributed by atoms with Crippen LogP contribution in [0.1, 0.15) is 6.42 Å². The van der Waals surface area contributed by atoms with E-state index in [-0.39, 0.29) is 17.6 Å². The lowest BCUT2D eigenvalue weighted by atomic mass is 10.3. The van der Waals surface area contributed by atoms with Crippen molar-refractivity contribution in [3.05, 3.63) is 12.5 Å². The van der Waals surface area contributed by atoms with Gasteiger partial charge in [-0.15, -0.1) is 0 Å². The van der Waals surface area contributed by atoms with E-state index in [9.17, 15) is 13.2 Å². The number of aromatic amines is 1. The van der Waals surface area contributed by atoms with E-state index in [1.54, 1.807) is 0 Å². The van der Waals surface area contributed by atoms with E-state index in [2.05, 4.69) is 20.0 Å². The molecule has 9 heteroatoms. The quantitative estimate of drug-likeness (QED) is 0.775. The van der Waals surface area contributed by atoms with Crippen molar-refractivity contribution in [2.75, 3.05) is 20.2 Å². The summed E-state index contributed by atoms with van der Waals surface area (Å²) in [6.45, 7) is 0.590. The van der Waals surface area contributed by atoms with Crippen LogP contribution in [0.3, 0.4) is 0 Å². The number of alkyl carbamates (subject to hydrolysis) is 1. The number of carbonyl (C=O) groups is 1. The summed E-state index contributed by atoms with van der Waals surface area (Å²) in [4.78, 5) is 17.3. The van der Waals surface area contributed by atoms with Crippen molar-refractivity contribution in [1.29, 1.82) is 0 Å². The average Bonchev–Trinajstić information content (AvgIpc) is 2.99. The third-order valence-corrected chi connectivity index (χ3v) is 4.54. The molecule has 18 heavy (non-hydrogen) atoms. The number of amides is 1. The van der Waals surface area contributed by atoms with E-state index in [0.717, 1.165) is 0 Å². The van der Waals surface area contributed by atoms with Gasteiger partial charge in [0.25, 0.3) is 10.0 Å². The number of sulfonamides is 1. The Bertz CT molecular complexity index is 513. The van der Waals surface area contributed by atoms with E-state index in [0.29, 0.717) is 13.0 Å². The number of nitrogens with zero attached hydrogens (tertiary/aromatic N) is 2. The second-order valence-corrected chi connectivity index (χ2v) is 5.81. The lowest BCUT2D eigenvalue weighted by Crippen LogP contribution is -2.38. The maximum atomic E-state index is 12.1. The molecule has 1 aromatic rings. The second kappa shape index (κ2) is 4.94. The van der Waals surface area contributed by atoms with Crippen molar-refractivity contribution >= 4 is 16.1 Å². The molecular weight excluding hydrogens is 260 g/mol. The molecule has 2 rings (SSSR count). The van der Waals surface area contributed by atoms with Crippen LogP contribution in [0.4, 0.5) is 4.79 Å². The first kappa shape index (κ1) is 12.8. The van der Waals surface area contributed by atoms with Crippen LogP contribution in [0.5, 0.6) is 0 Å². The summed E-state index contributed by atoms with van der Waals surface area (Å²) in [7, 11) is -2.28. The normalized spacial score (nSPS) is 20.8. The average molecular weight is 274 g/mol. The lowest BCUT2D eigenvalue weighted by Gasteiger charge is -2.15. The number of imidazole rings is 1. The standard InChI is InChI=1S/C9H14N4O4S/c1-17-9(14)12-7-2-3-13(5-7)18(15,16)8-4-10-6-11-8/h4,6-7H,2-3,5H2,1H3,(H,10,11)(H,12,14). The summed E-state index contributed by atoms with van der Waals surface area (Å²) in [5.41, 5.74) is 0. The number of nitrogens with one attached hydrogen (secondary N) is 2. The van der Waals surface area contributed by atoms with Crippen molar-refractivity contribution in [3.63, 3.8) is 0 Å². The first-order chi connectivity index (χ1) is 8.54. The van der Waals surface area contributed by atoms with Gasteiger partial charge in [0.1, 0.15) is 0 Å². The van der Waals surface area contributed by atoms with Gasteiger partial charge < -0.3 is 15.0 Å². The predicted octanol–water partition coefficient (Wildman–Crippen LogP) is -0.471. The lowest BCUT2D eigenvalue weighted by molar-refractivity contribution is 0.167. The Morgan fingerprint density at radius 1 is 1.67 bits per heavy atom. The molecular formula is C9H14N4O4S. The molecule has 0 aromatic carbocycles. The van der Waals surface area contributed by atoms with Crippen LogP contribution in [0.25, 0.3) is 0 Å². The Morgan fingerprint density at radius 2 is 2.44 bits per heavy atom. The maximum absolute atomic E-state index is 12.1. The van der Waals surface area contributed by atoms with Gasteiger partial charge in [0.2, 0.25) is 0 Å². The van der Waals surface area contributed by atoms with Crippen LogP contribution in [0.15, 0.2) is 17.6 Å². The van der Waals surface area contributed by atoms with Gasteiger partial charge in [-0.2, -0.15) is 4.31 Å². The fourth-order valence-corrected chi connectivity index (χ4v) is 3.21. The molecule has 1 unspecified atom stereocenters.